The summed E-state index contributed by atoms with van der Waals surface area (Å²) in [6.45, 7) is 4.47. The van der Waals surface area contributed by atoms with E-state index in [4.69, 9.17) is 0 Å². The van der Waals surface area contributed by atoms with Crippen molar-refractivity contribution in [2.24, 2.45) is 5.41 Å². The number of phenols is 1. The number of rotatable bonds is 3. The Balaban J connectivity index is 2.16. The van der Waals surface area contributed by atoms with Crippen LogP contribution in [-0.2, 0) is 10.0 Å². The molecular formula is C15H23NO3S. The molecule has 0 atom stereocenters. The highest BCUT2D eigenvalue weighted by molar-refractivity contribution is 7.89. The third-order valence-electron chi connectivity index (χ3n) is 4.34. The summed E-state index contributed by atoms with van der Waals surface area (Å²) >= 11 is 0. The van der Waals surface area contributed by atoms with E-state index in [1.54, 1.807) is 7.05 Å². The fraction of sp³-hybridized carbons (Fsp3) is 0.600. The molecule has 0 aliphatic heterocycles. The predicted molar refractivity (Wildman–Crippen MR) is 79.1 cm³/mol. The lowest BCUT2D eigenvalue weighted by molar-refractivity contribution is 0.174. The van der Waals surface area contributed by atoms with Crippen LogP contribution in [0.1, 0.15) is 39.5 Å². The highest BCUT2D eigenvalue weighted by atomic mass is 32.2. The number of hydrogen-bond acceptors (Lipinski definition) is 3. The summed E-state index contributed by atoms with van der Waals surface area (Å²) in [6.07, 6.45) is 3.90. The van der Waals surface area contributed by atoms with Crippen LogP contribution in [0.15, 0.2) is 29.2 Å². The first kappa shape index (κ1) is 15.3. The van der Waals surface area contributed by atoms with E-state index in [0.29, 0.717) is 5.41 Å². The van der Waals surface area contributed by atoms with Gasteiger partial charge in [0.05, 0.1) is 4.90 Å². The van der Waals surface area contributed by atoms with Crippen LogP contribution < -0.4 is 0 Å². The van der Waals surface area contributed by atoms with Crippen LogP contribution in [0, 0.1) is 5.41 Å². The Labute approximate surface area is 121 Å². The van der Waals surface area contributed by atoms with Gasteiger partial charge in [0.1, 0.15) is 5.75 Å². The first-order valence-corrected chi connectivity index (χ1v) is 8.43. The van der Waals surface area contributed by atoms with Crippen LogP contribution in [0.5, 0.6) is 5.75 Å². The van der Waals surface area contributed by atoms with Crippen molar-refractivity contribution in [1.29, 1.82) is 0 Å². The Morgan fingerprint density at radius 2 is 1.65 bits per heavy atom. The molecule has 0 radical (unpaired) electrons. The minimum Gasteiger partial charge on any atom is -0.508 e. The second kappa shape index (κ2) is 5.37. The number of hydrogen-bond donors (Lipinski definition) is 1. The Morgan fingerprint density at radius 3 is 2.15 bits per heavy atom. The summed E-state index contributed by atoms with van der Waals surface area (Å²) < 4.78 is 26.6. The van der Waals surface area contributed by atoms with Gasteiger partial charge in [-0.2, -0.15) is 4.31 Å². The molecule has 4 nitrogen and oxygen atoms in total. The quantitative estimate of drug-likeness (QED) is 0.933. The molecule has 0 heterocycles. The molecule has 20 heavy (non-hydrogen) atoms. The maximum atomic E-state index is 12.5. The highest BCUT2D eigenvalue weighted by Crippen LogP contribution is 2.37. The second-order valence-corrected chi connectivity index (χ2v) is 8.41. The standard InChI is InChI=1S/C15H23NO3S/c1-15(2)10-8-12(9-11-15)16(3)20(18,19)14-6-4-13(17)5-7-14/h4-7,12,17H,8-11H2,1-3H3. The summed E-state index contributed by atoms with van der Waals surface area (Å²) in [4.78, 5) is 0.239. The SMILES string of the molecule is CN(C1CCC(C)(C)CC1)S(=O)(=O)c1ccc(O)cc1. The molecule has 1 aromatic rings. The zero-order valence-electron chi connectivity index (χ0n) is 12.3. The van der Waals surface area contributed by atoms with E-state index >= 15 is 0 Å². The van der Waals surface area contributed by atoms with Gasteiger partial charge in [-0.1, -0.05) is 13.8 Å². The van der Waals surface area contributed by atoms with Crippen LogP contribution in [0.4, 0.5) is 0 Å². The minimum absolute atomic E-state index is 0.0711. The molecule has 5 heteroatoms. The van der Waals surface area contributed by atoms with E-state index in [9.17, 15) is 13.5 Å². The number of nitrogens with zero attached hydrogens (tertiary/aromatic N) is 1. The van der Waals surface area contributed by atoms with Crippen LogP contribution in [-0.4, -0.2) is 30.9 Å². The normalized spacial score (nSPS) is 20.2. The lowest BCUT2D eigenvalue weighted by atomic mass is 9.76. The first-order valence-electron chi connectivity index (χ1n) is 6.99. The Kier molecular flexibility index (Phi) is 4.12. The van der Waals surface area contributed by atoms with Crippen molar-refractivity contribution in [3.05, 3.63) is 24.3 Å². The Bertz CT molecular complexity index is 553. The topological polar surface area (TPSA) is 57.6 Å². The molecule has 0 spiro atoms. The number of sulfonamides is 1. The molecule has 0 amide bonds. The predicted octanol–water partition coefficient (Wildman–Crippen LogP) is 2.98. The average Bonchev–Trinajstić information content (AvgIpc) is 2.38. The van der Waals surface area contributed by atoms with Gasteiger partial charge in [0.2, 0.25) is 10.0 Å². The molecule has 1 aliphatic carbocycles. The van der Waals surface area contributed by atoms with E-state index in [1.807, 2.05) is 0 Å². The van der Waals surface area contributed by atoms with Crippen molar-refractivity contribution >= 4 is 10.0 Å². The maximum Gasteiger partial charge on any atom is 0.243 e. The van der Waals surface area contributed by atoms with Crippen molar-refractivity contribution in [2.45, 2.75) is 50.5 Å². The van der Waals surface area contributed by atoms with Gasteiger partial charge in [0, 0.05) is 13.1 Å². The number of benzene rings is 1. The maximum absolute atomic E-state index is 12.5. The Morgan fingerprint density at radius 1 is 1.15 bits per heavy atom. The summed E-state index contributed by atoms with van der Waals surface area (Å²) in [5, 5.41) is 9.26. The van der Waals surface area contributed by atoms with Crippen molar-refractivity contribution in [3.63, 3.8) is 0 Å². The number of aromatic hydroxyl groups is 1. The van der Waals surface area contributed by atoms with Gasteiger partial charge in [-0.3, -0.25) is 0 Å². The van der Waals surface area contributed by atoms with Gasteiger partial charge in [-0.05, 0) is 55.4 Å². The minimum atomic E-state index is -3.47. The fourth-order valence-corrected chi connectivity index (χ4v) is 4.14. The second-order valence-electron chi connectivity index (χ2n) is 6.41. The van der Waals surface area contributed by atoms with E-state index in [1.165, 1.54) is 28.6 Å². The van der Waals surface area contributed by atoms with Crippen molar-refractivity contribution in [2.75, 3.05) is 7.05 Å². The molecule has 1 N–H and O–H groups in total. The summed E-state index contributed by atoms with van der Waals surface area (Å²) in [7, 11) is -1.81. The van der Waals surface area contributed by atoms with Gasteiger partial charge in [0.25, 0.3) is 0 Å². The fourth-order valence-electron chi connectivity index (χ4n) is 2.73. The van der Waals surface area contributed by atoms with Crippen molar-refractivity contribution in [1.82, 2.24) is 4.31 Å². The van der Waals surface area contributed by atoms with E-state index < -0.39 is 10.0 Å². The smallest absolute Gasteiger partial charge is 0.243 e. The average molecular weight is 297 g/mol. The number of phenolic OH excluding ortho intramolecular Hbond substituents is 1. The third-order valence-corrected chi connectivity index (χ3v) is 6.26. The molecular weight excluding hydrogens is 274 g/mol. The molecule has 1 aromatic carbocycles. The lowest BCUT2D eigenvalue weighted by Crippen LogP contribution is -2.40. The molecule has 2 rings (SSSR count). The molecule has 112 valence electrons. The van der Waals surface area contributed by atoms with Crippen LogP contribution >= 0.6 is 0 Å². The summed E-state index contributed by atoms with van der Waals surface area (Å²) in [6, 6.07) is 5.79. The van der Waals surface area contributed by atoms with E-state index in [-0.39, 0.29) is 16.7 Å². The van der Waals surface area contributed by atoms with E-state index in [2.05, 4.69) is 13.8 Å². The molecule has 0 bridgehead atoms. The van der Waals surface area contributed by atoms with Gasteiger partial charge < -0.3 is 5.11 Å². The molecule has 1 aliphatic rings. The monoisotopic (exact) mass is 297 g/mol. The lowest BCUT2D eigenvalue weighted by Gasteiger charge is -2.38. The molecule has 1 fully saturated rings. The molecule has 0 aromatic heterocycles. The molecule has 0 unspecified atom stereocenters. The largest absolute Gasteiger partial charge is 0.508 e. The van der Waals surface area contributed by atoms with Gasteiger partial charge in [-0.25, -0.2) is 8.42 Å². The van der Waals surface area contributed by atoms with Gasteiger partial charge in [-0.15, -0.1) is 0 Å². The zero-order chi connectivity index (χ0) is 15.0. The molecule has 0 saturated heterocycles. The van der Waals surface area contributed by atoms with Crippen LogP contribution in [0.2, 0.25) is 0 Å². The summed E-state index contributed by atoms with van der Waals surface area (Å²) in [5.41, 5.74) is 0.319. The third kappa shape index (κ3) is 3.15. The summed E-state index contributed by atoms with van der Waals surface area (Å²) in [5.74, 6) is 0.0750. The first-order chi connectivity index (χ1) is 9.22. The highest BCUT2D eigenvalue weighted by Gasteiger charge is 2.33. The van der Waals surface area contributed by atoms with Crippen molar-refractivity contribution in [3.8, 4) is 5.75 Å². The molecule has 1 saturated carbocycles. The zero-order valence-corrected chi connectivity index (χ0v) is 13.2. The van der Waals surface area contributed by atoms with Crippen molar-refractivity contribution < 1.29 is 13.5 Å². The van der Waals surface area contributed by atoms with Crippen LogP contribution in [0.3, 0.4) is 0 Å². The van der Waals surface area contributed by atoms with Gasteiger partial charge in [0.15, 0.2) is 0 Å². The van der Waals surface area contributed by atoms with Crippen LogP contribution in [0.25, 0.3) is 0 Å². The Hall–Kier alpha value is -1.07. The van der Waals surface area contributed by atoms with Gasteiger partial charge >= 0.3 is 0 Å². The van der Waals surface area contributed by atoms with E-state index in [0.717, 1.165) is 25.7 Å².